The number of hydrogen-bond donors (Lipinski definition) is 1. The summed E-state index contributed by atoms with van der Waals surface area (Å²) in [6.07, 6.45) is 7.29. The Morgan fingerprint density at radius 2 is 1.88 bits per heavy atom. The van der Waals surface area contributed by atoms with E-state index in [-0.39, 0.29) is 29.5 Å². The van der Waals surface area contributed by atoms with Gasteiger partial charge in [0.2, 0.25) is 5.78 Å². The van der Waals surface area contributed by atoms with E-state index in [0.29, 0.717) is 12.8 Å². The maximum atomic E-state index is 13.3. The fourth-order valence-electron chi connectivity index (χ4n) is 7.82. The van der Waals surface area contributed by atoms with Crippen LogP contribution in [0.25, 0.3) is 0 Å². The summed E-state index contributed by atoms with van der Waals surface area (Å²) >= 11 is 0. The molecule has 4 rings (SSSR count). The fourth-order valence-corrected chi connectivity index (χ4v) is 7.82. The van der Waals surface area contributed by atoms with Crippen molar-refractivity contribution >= 4 is 23.5 Å². The Morgan fingerprint density at radius 3 is 2.52 bits per heavy atom. The average Bonchev–Trinajstić information content (AvgIpc) is 2.93. The number of carbonyl (C=O) groups excluding carboxylic acids is 4. The van der Waals surface area contributed by atoms with Gasteiger partial charge < -0.3 is 14.6 Å². The van der Waals surface area contributed by atoms with Crippen molar-refractivity contribution in [3.05, 3.63) is 23.8 Å². The summed E-state index contributed by atoms with van der Waals surface area (Å²) in [5.74, 6) is -1.75. The van der Waals surface area contributed by atoms with Crippen LogP contribution in [-0.2, 0) is 28.7 Å². The lowest BCUT2D eigenvalue weighted by atomic mass is 9.46. The van der Waals surface area contributed by atoms with Crippen LogP contribution in [0.4, 0.5) is 0 Å². The van der Waals surface area contributed by atoms with E-state index in [0.717, 1.165) is 18.4 Å². The van der Waals surface area contributed by atoms with E-state index in [4.69, 9.17) is 9.47 Å². The van der Waals surface area contributed by atoms with Crippen LogP contribution in [0.2, 0.25) is 0 Å². The normalized spacial score (nSPS) is 43.6. The third kappa shape index (κ3) is 3.42. The second-order valence-corrected chi connectivity index (χ2v) is 10.9. The number of allylic oxidation sites excluding steroid dienone is 4. The van der Waals surface area contributed by atoms with Crippen LogP contribution >= 0.6 is 0 Å². The highest BCUT2D eigenvalue weighted by Gasteiger charge is 2.71. The Kier molecular flexibility index (Phi) is 5.71. The molecule has 4 aliphatic carbocycles. The van der Waals surface area contributed by atoms with Crippen molar-refractivity contribution in [2.75, 3.05) is 6.61 Å². The van der Waals surface area contributed by atoms with Gasteiger partial charge in [-0.1, -0.05) is 32.4 Å². The van der Waals surface area contributed by atoms with E-state index in [1.807, 2.05) is 19.9 Å². The van der Waals surface area contributed by atoms with Crippen LogP contribution in [0.15, 0.2) is 23.8 Å². The van der Waals surface area contributed by atoms with Gasteiger partial charge in [0.25, 0.3) is 0 Å². The lowest BCUT2D eigenvalue weighted by molar-refractivity contribution is -0.195. The molecule has 4 aliphatic rings. The molecule has 0 heterocycles. The molecule has 0 aromatic heterocycles. The van der Waals surface area contributed by atoms with E-state index in [1.165, 1.54) is 13.8 Å². The number of Topliss-reactive ketones (excluding diaryl/α,β-unsaturated/α-hetero) is 1. The zero-order chi connectivity index (χ0) is 24.3. The van der Waals surface area contributed by atoms with E-state index in [9.17, 15) is 24.3 Å². The van der Waals surface area contributed by atoms with Crippen LogP contribution in [0.1, 0.15) is 60.3 Å². The molecule has 0 aromatic rings. The van der Waals surface area contributed by atoms with Crippen LogP contribution in [0.5, 0.6) is 0 Å². The first-order chi connectivity index (χ1) is 15.3. The Balaban J connectivity index is 1.77. The Bertz CT molecular complexity index is 964. The van der Waals surface area contributed by atoms with E-state index in [2.05, 4.69) is 6.92 Å². The molecule has 33 heavy (non-hydrogen) atoms. The predicted octanol–water partition coefficient (Wildman–Crippen LogP) is 2.95. The molecule has 0 amide bonds. The molecule has 7 heteroatoms. The Hall–Kier alpha value is -2.28. The fraction of sp³-hybridized carbons (Fsp3) is 0.692. The number of aliphatic hydroxyl groups is 1. The summed E-state index contributed by atoms with van der Waals surface area (Å²) in [7, 11) is 0. The summed E-state index contributed by atoms with van der Waals surface area (Å²) in [4.78, 5) is 48.8. The molecule has 7 nitrogen and oxygen atoms in total. The number of esters is 2. The van der Waals surface area contributed by atoms with Gasteiger partial charge in [-0.3, -0.25) is 19.2 Å². The third-order valence-corrected chi connectivity index (χ3v) is 9.20. The van der Waals surface area contributed by atoms with Gasteiger partial charge in [-0.2, -0.15) is 0 Å². The van der Waals surface area contributed by atoms with Crippen molar-refractivity contribution in [3.63, 3.8) is 0 Å². The molecular weight excluding hydrogens is 424 g/mol. The first kappa shape index (κ1) is 23.9. The van der Waals surface area contributed by atoms with Gasteiger partial charge in [0.05, 0.1) is 0 Å². The highest BCUT2D eigenvalue weighted by molar-refractivity contribution is 6.01. The number of ether oxygens (including phenoxy) is 2. The highest BCUT2D eigenvalue weighted by atomic mass is 16.5. The summed E-state index contributed by atoms with van der Waals surface area (Å²) in [6.45, 7) is 8.04. The monoisotopic (exact) mass is 458 g/mol. The molecular formula is C26H34O7. The summed E-state index contributed by atoms with van der Waals surface area (Å²) in [5.41, 5.74) is -1.89. The topological polar surface area (TPSA) is 107 Å². The van der Waals surface area contributed by atoms with Crippen molar-refractivity contribution < 1.29 is 33.8 Å². The molecule has 0 saturated heterocycles. The van der Waals surface area contributed by atoms with E-state index in [1.54, 1.807) is 12.2 Å². The van der Waals surface area contributed by atoms with Gasteiger partial charge in [0, 0.05) is 30.6 Å². The third-order valence-electron chi connectivity index (χ3n) is 9.20. The minimum absolute atomic E-state index is 0.0226. The largest absolute Gasteiger partial charge is 0.462 e. The number of hydrogen-bond acceptors (Lipinski definition) is 7. The van der Waals surface area contributed by atoms with Crippen LogP contribution in [-0.4, -0.2) is 46.9 Å². The molecule has 3 fully saturated rings. The maximum Gasteiger partial charge on any atom is 0.303 e. The second-order valence-electron chi connectivity index (χ2n) is 10.9. The molecule has 0 aromatic carbocycles. The molecule has 180 valence electrons. The molecule has 0 radical (unpaired) electrons. The Morgan fingerprint density at radius 1 is 1.18 bits per heavy atom. The van der Waals surface area contributed by atoms with Crippen molar-refractivity contribution in [3.8, 4) is 0 Å². The summed E-state index contributed by atoms with van der Waals surface area (Å²) in [6, 6.07) is 0. The van der Waals surface area contributed by atoms with Crippen molar-refractivity contribution in [1.82, 2.24) is 0 Å². The number of ketones is 2. The minimum Gasteiger partial charge on any atom is -0.462 e. The second kappa shape index (κ2) is 7.90. The summed E-state index contributed by atoms with van der Waals surface area (Å²) in [5, 5.41) is 11.9. The molecule has 1 N–H and O–H groups in total. The molecule has 3 saturated carbocycles. The van der Waals surface area contributed by atoms with Gasteiger partial charge in [-0.25, -0.2) is 0 Å². The average molecular weight is 459 g/mol. The van der Waals surface area contributed by atoms with Crippen molar-refractivity contribution in [2.45, 2.75) is 72.0 Å². The molecule has 0 aliphatic heterocycles. The zero-order valence-corrected chi connectivity index (χ0v) is 20.1. The maximum absolute atomic E-state index is 13.3. The Labute approximate surface area is 194 Å². The number of fused-ring (bicyclic) bond motifs is 5. The smallest absolute Gasteiger partial charge is 0.303 e. The van der Waals surface area contributed by atoms with Crippen molar-refractivity contribution in [1.29, 1.82) is 0 Å². The molecule has 0 bridgehead atoms. The lowest BCUT2D eigenvalue weighted by Crippen LogP contribution is -2.63. The predicted molar refractivity (Wildman–Crippen MR) is 119 cm³/mol. The number of carbonyl (C=O) groups is 4. The SMILES string of the molecule is CC(=O)OCC(=O)[C@@]1(O)[C@H](C)CC2C3CCC4=CC(=O)C=C[C@]4(C)C3C(OC(C)=O)C[C@@]21C. The minimum atomic E-state index is -1.69. The summed E-state index contributed by atoms with van der Waals surface area (Å²) < 4.78 is 10.9. The standard InChI is InChI=1S/C26H34O7/c1-14-10-20-19-7-6-17-11-18(29)8-9-24(17,4)23(19)21(33-16(3)28)12-25(20,5)26(14,31)22(30)13-32-15(2)27/h8-9,11,14,19-21,23,31H,6-7,10,12-13H2,1-5H3/t14-,19?,20?,21?,23?,24+,25+,26+/m1/s1. The molecule has 8 atom stereocenters. The van der Waals surface area contributed by atoms with Gasteiger partial charge in [0.15, 0.2) is 12.4 Å². The van der Waals surface area contributed by atoms with Gasteiger partial charge in [-0.05, 0) is 55.6 Å². The van der Waals surface area contributed by atoms with E-state index < -0.39 is 46.9 Å². The molecule has 4 unspecified atom stereocenters. The van der Waals surface area contributed by atoms with Crippen LogP contribution < -0.4 is 0 Å². The number of rotatable bonds is 4. The van der Waals surface area contributed by atoms with Crippen molar-refractivity contribution in [2.24, 2.45) is 34.5 Å². The van der Waals surface area contributed by atoms with Crippen LogP contribution in [0.3, 0.4) is 0 Å². The van der Waals surface area contributed by atoms with Gasteiger partial charge >= 0.3 is 11.9 Å². The van der Waals surface area contributed by atoms with Gasteiger partial charge in [0.1, 0.15) is 11.7 Å². The quantitative estimate of drug-likeness (QED) is 0.646. The first-order valence-corrected chi connectivity index (χ1v) is 11.8. The van der Waals surface area contributed by atoms with Gasteiger partial charge in [-0.15, -0.1) is 0 Å². The lowest BCUT2D eigenvalue weighted by Gasteiger charge is -2.60. The zero-order valence-electron chi connectivity index (χ0n) is 20.1. The molecule has 0 spiro atoms. The van der Waals surface area contributed by atoms with E-state index >= 15 is 0 Å². The highest BCUT2D eigenvalue weighted by Crippen LogP contribution is 2.68. The first-order valence-electron chi connectivity index (χ1n) is 11.8. The van der Waals surface area contributed by atoms with Crippen LogP contribution in [0, 0.1) is 34.5 Å².